The SMILES string of the molecule is CCCNC(=NCc1cccc(Cn2cccn2)c1)NCC.I. The highest BCUT2D eigenvalue weighted by molar-refractivity contribution is 14.0. The molecule has 1 heterocycles. The Balaban J connectivity index is 0.00000264. The summed E-state index contributed by atoms with van der Waals surface area (Å²) in [5.74, 6) is 0.877. The minimum absolute atomic E-state index is 0. The van der Waals surface area contributed by atoms with Crippen molar-refractivity contribution in [3.8, 4) is 0 Å². The van der Waals surface area contributed by atoms with Crippen molar-refractivity contribution >= 4 is 29.9 Å². The van der Waals surface area contributed by atoms with E-state index < -0.39 is 0 Å². The van der Waals surface area contributed by atoms with Gasteiger partial charge in [0.15, 0.2) is 5.96 Å². The van der Waals surface area contributed by atoms with Gasteiger partial charge in [0.25, 0.3) is 0 Å². The van der Waals surface area contributed by atoms with E-state index in [-0.39, 0.29) is 24.0 Å². The van der Waals surface area contributed by atoms with E-state index in [9.17, 15) is 0 Å². The van der Waals surface area contributed by atoms with Gasteiger partial charge in [0.05, 0.1) is 13.1 Å². The number of hydrogen-bond donors (Lipinski definition) is 2. The summed E-state index contributed by atoms with van der Waals surface area (Å²) in [7, 11) is 0. The van der Waals surface area contributed by atoms with Crippen molar-refractivity contribution in [3.63, 3.8) is 0 Å². The first-order valence-electron chi connectivity index (χ1n) is 7.89. The maximum absolute atomic E-state index is 4.63. The van der Waals surface area contributed by atoms with Crippen LogP contribution in [-0.2, 0) is 13.1 Å². The number of aromatic nitrogens is 2. The third-order valence-electron chi connectivity index (χ3n) is 3.20. The van der Waals surface area contributed by atoms with Gasteiger partial charge in [-0.1, -0.05) is 31.2 Å². The highest BCUT2D eigenvalue weighted by Gasteiger charge is 1.99. The molecule has 1 aromatic heterocycles. The van der Waals surface area contributed by atoms with Crippen molar-refractivity contribution in [3.05, 3.63) is 53.9 Å². The smallest absolute Gasteiger partial charge is 0.191 e. The second-order valence-corrected chi connectivity index (χ2v) is 5.15. The average Bonchev–Trinajstić information content (AvgIpc) is 3.03. The molecule has 0 aliphatic carbocycles. The molecule has 126 valence electrons. The maximum Gasteiger partial charge on any atom is 0.191 e. The second-order valence-electron chi connectivity index (χ2n) is 5.15. The van der Waals surface area contributed by atoms with Gasteiger partial charge in [-0.15, -0.1) is 24.0 Å². The van der Waals surface area contributed by atoms with Crippen LogP contribution in [0.4, 0.5) is 0 Å². The van der Waals surface area contributed by atoms with E-state index in [4.69, 9.17) is 0 Å². The summed E-state index contributed by atoms with van der Waals surface area (Å²) in [6.07, 6.45) is 4.86. The molecule has 0 radical (unpaired) electrons. The van der Waals surface area contributed by atoms with Crippen LogP contribution >= 0.6 is 24.0 Å². The van der Waals surface area contributed by atoms with Crippen molar-refractivity contribution in [2.24, 2.45) is 4.99 Å². The van der Waals surface area contributed by atoms with E-state index in [0.717, 1.165) is 32.0 Å². The molecule has 0 bridgehead atoms. The molecule has 0 spiro atoms. The number of aliphatic imine (C=N–C) groups is 1. The molecule has 0 fully saturated rings. The second kappa shape index (κ2) is 11.0. The molecule has 0 aliphatic rings. The first-order valence-corrected chi connectivity index (χ1v) is 7.89. The Hall–Kier alpha value is -1.57. The van der Waals surface area contributed by atoms with Crippen LogP contribution in [0.1, 0.15) is 31.4 Å². The Morgan fingerprint density at radius 1 is 1.17 bits per heavy atom. The van der Waals surface area contributed by atoms with Crippen molar-refractivity contribution in [2.45, 2.75) is 33.4 Å². The minimum atomic E-state index is 0. The Morgan fingerprint density at radius 2 is 2.00 bits per heavy atom. The quantitative estimate of drug-likeness (QED) is 0.406. The number of benzene rings is 1. The number of halogens is 1. The van der Waals surface area contributed by atoms with E-state index in [2.05, 4.69) is 58.8 Å². The zero-order valence-corrected chi connectivity index (χ0v) is 16.2. The van der Waals surface area contributed by atoms with Crippen LogP contribution in [0.25, 0.3) is 0 Å². The van der Waals surface area contributed by atoms with Gasteiger partial charge in [-0.05, 0) is 30.5 Å². The summed E-state index contributed by atoms with van der Waals surface area (Å²) in [4.78, 5) is 4.63. The number of rotatable bonds is 7. The first kappa shape index (κ1) is 19.5. The van der Waals surface area contributed by atoms with Crippen LogP contribution in [0.2, 0.25) is 0 Å². The van der Waals surface area contributed by atoms with E-state index >= 15 is 0 Å². The lowest BCUT2D eigenvalue weighted by Crippen LogP contribution is -2.37. The summed E-state index contributed by atoms with van der Waals surface area (Å²) < 4.78 is 1.93. The fourth-order valence-corrected chi connectivity index (χ4v) is 2.16. The predicted molar refractivity (Wildman–Crippen MR) is 106 cm³/mol. The molecule has 0 saturated carbocycles. The molecular weight excluding hydrogens is 401 g/mol. The summed E-state index contributed by atoms with van der Waals surface area (Å²) in [6, 6.07) is 10.4. The molecule has 5 nitrogen and oxygen atoms in total. The maximum atomic E-state index is 4.63. The van der Waals surface area contributed by atoms with Crippen LogP contribution in [0.3, 0.4) is 0 Å². The highest BCUT2D eigenvalue weighted by atomic mass is 127. The lowest BCUT2D eigenvalue weighted by molar-refractivity contribution is 0.686. The Morgan fingerprint density at radius 3 is 2.70 bits per heavy atom. The molecule has 1 aromatic carbocycles. The third kappa shape index (κ3) is 7.02. The van der Waals surface area contributed by atoms with Crippen molar-refractivity contribution in [2.75, 3.05) is 13.1 Å². The molecule has 2 aromatic rings. The molecule has 0 unspecified atom stereocenters. The first-order chi connectivity index (χ1) is 10.8. The van der Waals surface area contributed by atoms with Gasteiger partial charge >= 0.3 is 0 Å². The van der Waals surface area contributed by atoms with E-state index in [0.29, 0.717) is 6.54 Å². The number of nitrogens with one attached hydrogen (secondary N) is 2. The zero-order valence-electron chi connectivity index (χ0n) is 13.8. The van der Waals surface area contributed by atoms with Crippen molar-refractivity contribution < 1.29 is 0 Å². The molecule has 0 amide bonds. The largest absolute Gasteiger partial charge is 0.357 e. The van der Waals surface area contributed by atoms with Gasteiger partial charge < -0.3 is 10.6 Å². The highest BCUT2D eigenvalue weighted by Crippen LogP contribution is 2.08. The van der Waals surface area contributed by atoms with E-state index in [1.54, 1.807) is 6.20 Å². The number of hydrogen-bond acceptors (Lipinski definition) is 2. The molecule has 0 atom stereocenters. The number of nitrogens with zero attached hydrogens (tertiary/aromatic N) is 3. The van der Waals surface area contributed by atoms with Gasteiger partial charge in [-0.2, -0.15) is 5.10 Å². The minimum Gasteiger partial charge on any atom is -0.357 e. The van der Waals surface area contributed by atoms with Crippen molar-refractivity contribution in [1.82, 2.24) is 20.4 Å². The van der Waals surface area contributed by atoms with Crippen molar-refractivity contribution in [1.29, 1.82) is 0 Å². The number of guanidine groups is 1. The molecule has 2 rings (SSSR count). The van der Waals surface area contributed by atoms with Gasteiger partial charge in [0.1, 0.15) is 0 Å². The summed E-state index contributed by atoms with van der Waals surface area (Å²) in [5, 5.41) is 10.8. The monoisotopic (exact) mass is 427 g/mol. The molecule has 2 N–H and O–H groups in total. The van der Waals surface area contributed by atoms with E-state index in [1.807, 2.05) is 16.9 Å². The van der Waals surface area contributed by atoms with Gasteiger partial charge in [0, 0.05) is 25.5 Å². The Labute approximate surface area is 155 Å². The molecular formula is C17H26IN5. The fraction of sp³-hybridized carbons (Fsp3) is 0.412. The average molecular weight is 427 g/mol. The third-order valence-corrected chi connectivity index (χ3v) is 3.20. The fourth-order valence-electron chi connectivity index (χ4n) is 2.16. The normalized spacial score (nSPS) is 11.0. The summed E-state index contributed by atoms with van der Waals surface area (Å²) >= 11 is 0. The predicted octanol–water partition coefficient (Wildman–Crippen LogP) is 3.01. The van der Waals surface area contributed by atoms with Crippen LogP contribution in [0, 0.1) is 0 Å². The summed E-state index contributed by atoms with van der Waals surface area (Å²) in [6.45, 7) is 7.49. The summed E-state index contributed by atoms with van der Waals surface area (Å²) in [5.41, 5.74) is 2.45. The Bertz CT molecular complexity index is 580. The van der Waals surface area contributed by atoms with Crippen LogP contribution < -0.4 is 10.6 Å². The van der Waals surface area contributed by atoms with Crippen LogP contribution in [-0.4, -0.2) is 28.8 Å². The zero-order chi connectivity index (χ0) is 15.6. The molecule has 0 saturated heterocycles. The molecule has 0 aliphatic heterocycles. The van der Waals surface area contributed by atoms with Crippen LogP contribution in [0.15, 0.2) is 47.7 Å². The lowest BCUT2D eigenvalue weighted by atomic mass is 10.1. The van der Waals surface area contributed by atoms with Gasteiger partial charge in [-0.3, -0.25) is 4.68 Å². The molecule has 6 heteroatoms. The Kier molecular flexibility index (Phi) is 9.35. The standard InChI is InChI=1S/C17H25N5.HI/c1-3-9-19-17(18-4-2)20-13-15-7-5-8-16(12-15)14-22-11-6-10-21-22;/h5-8,10-12H,3-4,9,13-14H2,1-2H3,(H2,18,19,20);1H. The lowest BCUT2D eigenvalue weighted by Gasteiger charge is -2.10. The topological polar surface area (TPSA) is 54.2 Å². The van der Waals surface area contributed by atoms with Gasteiger partial charge in [-0.25, -0.2) is 4.99 Å². The van der Waals surface area contributed by atoms with E-state index in [1.165, 1.54) is 11.1 Å². The molecule has 23 heavy (non-hydrogen) atoms. The van der Waals surface area contributed by atoms with Gasteiger partial charge in [0.2, 0.25) is 0 Å². The van der Waals surface area contributed by atoms with Crippen LogP contribution in [0.5, 0.6) is 0 Å².